The Kier molecular flexibility index (Phi) is 3.94. The number of benzene rings is 1. The fourth-order valence-electron chi connectivity index (χ4n) is 1.50. The van der Waals surface area contributed by atoms with Crippen molar-refractivity contribution in [2.45, 2.75) is 57.5 Å². The maximum atomic E-state index is 12.0. The van der Waals surface area contributed by atoms with E-state index in [2.05, 4.69) is 20.8 Å². The lowest BCUT2D eigenvalue weighted by atomic mass is 9.87. The van der Waals surface area contributed by atoms with Gasteiger partial charge in [0.1, 0.15) is 0 Å². The van der Waals surface area contributed by atoms with Gasteiger partial charge in [-0.3, -0.25) is 4.18 Å². The fourth-order valence-corrected chi connectivity index (χ4v) is 2.72. The molecule has 0 heterocycles. The molecule has 0 unspecified atom stereocenters. The highest BCUT2D eigenvalue weighted by Gasteiger charge is 2.24. The smallest absolute Gasteiger partial charge is 0.261 e. The molecular formula is C14H22O3S. The fraction of sp³-hybridized carbons (Fsp3) is 0.571. The van der Waals surface area contributed by atoms with Gasteiger partial charge in [0.2, 0.25) is 0 Å². The Morgan fingerprint density at radius 3 is 1.67 bits per heavy atom. The molecule has 0 radical (unpaired) electrons. The summed E-state index contributed by atoms with van der Waals surface area (Å²) in [4.78, 5) is 0.199. The van der Waals surface area contributed by atoms with Gasteiger partial charge in [0.15, 0.2) is 0 Å². The summed E-state index contributed by atoms with van der Waals surface area (Å²) in [6, 6.07) is 6.86. The Labute approximate surface area is 110 Å². The van der Waals surface area contributed by atoms with Crippen molar-refractivity contribution < 1.29 is 12.6 Å². The van der Waals surface area contributed by atoms with Crippen LogP contribution >= 0.6 is 0 Å². The molecule has 1 aromatic carbocycles. The van der Waals surface area contributed by atoms with Crippen LogP contribution in [0, 0.1) is 0 Å². The van der Waals surface area contributed by atoms with Crippen molar-refractivity contribution in [3.63, 3.8) is 0 Å². The molecule has 0 N–H and O–H groups in total. The summed E-state index contributed by atoms with van der Waals surface area (Å²) in [5.74, 6) is 0. The summed E-state index contributed by atoms with van der Waals surface area (Å²) >= 11 is 0. The molecule has 102 valence electrons. The van der Waals surface area contributed by atoms with E-state index < -0.39 is 15.7 Å². The van der Waals surface area contributed by atoms with Gasteiger partial charge < -0.3 is 0 Å². The molecule has 0 atom stereocenters. The molecule has 1 rings (SSSR count). The maximum Gasteiger partial charge on any atom is 0.297 e. The maximum absolute atomic E-state index is 12.0. The van der Waals surface area contributed by atoms with Gasteiger partial charge in [-0.05, 0) is 43.9 Å². The molecule has 4 heteroatoms. The first-order chi connectivity index (χ1) is 7.92. The molecule has 0 saturated heterocycles. The van der Waals surface area contributed by atoms with Crippen molar-refractivity contribution in [2.24, 2.45) is 0 Å². The summed E-state index contributed by atoms with van der Waals surface area (Å²) in [5.41, 5.74) is 0.381. The third kappa shape index (κ3) is 4.10. The molecule has 0 amide bonds. The zero-order valence-corrected chi connectivity index (χ0v) is 12.8. The predicted molar refractivity (Wildman–Crippen MR) is 73.2 cm³/mol. The summed E-state index contributed by atoms with van der Waals surface area (Å²) in [7, 11) is -3.68. The summed E-state index contributed by atoms with van der Waals surface area (Å²) in [6.07, 6.45) is 0. The van der Waals surface area contributed by atoms with Crippen LogP contribution in [0.5, 0.6) is 0 Å². The standard InChI is InChI=1S/C14H22O3S/c1-13(2,3)11-7-9-12(10-8-11)18(15,16)17-14(4,5)6/h7-10H,1-6H3. The highest BCUT2D eigenvalue weighted by molar-refractivity contribution is 7.86. The van der Waals surface area contributed by atoms with Gasteiger partial charge in [-0.15, -0.1) is 0 Å². The number of hydrogen-bond donors (Lipinski definition) is 0. The molecule has 0 fully saturated rings. The highest BCUT2D eigenvalue weighted by atomic mass is 32.2. The molecule has 0 bridgehead atoms. The molecule has 0 aliphatic carbocycles. The van der Waals surface area contributed by atoms with Crippen LogP contribution in [-0.4, -0.2) is 14.0 Å². The van der Waals surface area contributed by atoms with Crippen molar-refractivity contribution in [1.29, 1.82) is 0 Å². The Morgan fingerprint density at radius 2 is 1.33 bits per heavy atom. The molecule has 3 nitrogen and oxygen atoms in total. The van der Waals surface area contributed by atoms with Gasteiger partial charge in [0, 0.05) is 0 Å². The van der Waals surface area contributed by atoms with Gasteiger partial charge in [-0.1, -0.05) is 32.9 Å². The van der Waals surface area contributed by atoms with Crippen LogP contribution in [0.15, 0.2) is 29.2 Å². The second kappa shape index (κ2) is 4.67. The van der Waals surface area contributed by atoms with E-state index in [0.717, 1.165) is 5.56 Å². The van der Waals surface area contributed by atoms with E-state index in [1.54, 1.807) is 32.9 Å². The van der Waals surface area contributed by atoms with E-state index in [0.29, 0.717) is 0 Å². The minimum atomic E-state index is -3.68. The molecule has 18 heavy (non-hydrogen) atoms. The lowest BCUT2D eigenvalue weighted by molar-refractivity contribution is 0.139. The highest BCUT2D eigenvalue weighted by Crippen LogP contribution is 2.25. The van der Waals surface area contributed by atoms with E-state index in [1.807, 2.05) is 12.1 Å². The zero-order valence-electron chi connectivity index (χ0n) is 11.9. The van der Waals surface area contributed by atoms with Gasteiger partial charge in [0.05, 0.1) is 10.5 Å². The summed E-state index contributed by atoms with van der Waals surface area (Å²) in [5, 5.41) is 0. The third-order valence-electron chi connectivity index (χ3n) is 2.37. The minimum absolute atomic E-state index is 0.00712. The molecule has 0 aliphatic heterocycles. The van der Waals surface area contributed by atoms with Crippen LogP contribution in [0.1, 0.15) is 47.1 Å². The lowest BCUT2D eigenvalue weighted by Gasteiger charge is -2.21. The first-order valence-corrected chi connectivity index (χ1v) is 7.39. The average molecular weight is 270 g/mol. The van der Waals surface area contributed by atoms with E-state index in [1.165, 1.54) is 0 Å². The Balaban J connectivity index is 3.06. The van der Waals surface area contributed by atoms with Crippen LogP contribution in [0.4, 0.5) is 0 Å². The molecule has 0 aromatic heterocycles. The van der Waals surface area contributed by atoms with Gasteiger partial charge >= 0.3 is 0 Å². The molecule has 0 saturated carbocycles. The molecule has 0 spiro atoms. The van der Waals surface area contributed by atoms with E-state index in [9.17, 15) is 8.42 Å². The number of hydrogen-bond acceptors (Lipinski definition) is 3. The van der Waals surface area contributed by atoms with Crippen LogP contribution in [0.2, 0.25) is 0 Å². The third-order valence-corrected chi connectivity index (χ3v) is 3.94. The SMILES string of the molecule is CC(C)(C)OS(=O)(=O)c1ccc(C(C)(C)C)cc1. The normalized spacial score (nSPS) is 13.7. The summed E-state index contributed by atoms with van der Waals surface area (Å²) in [6.45, 7) is 11.4. The van der Waals surface area contributed by atoms with Gasteiger partial charge in [0.25, 0.3) is 10.1 Å². The second-order valence-electron chi connectivity index (χ2n) is 6.42. The van der Waals surface area contributed by atoms with Crippen molar-refractivity contribution >= 4 is 10.1 Å². The average Bonchev–Trinajstić information content (AvgIpc) is 2.13. The first kappa shape index (κ1) is 15.2. The van der Waals surface area contributed by atoms with Crippen LogP contribution in [0.25, 0.3) is 0 Å². The van der Waals surface area contributed by atoms with Crippen molar-refractivity contribution in [1.82, 2.24) is 0 Å². The van der Waals surface area contributed by atoms with Crippen molar-refractivity contribution in [3.05, 3.63) is 29.8 Å². The Morgan fingerprint density at radius 1 is 0.889 bits per heavy atom. The molecule has 0 aliphatic rings. The van der Waals surface area contributed by atoms with Crippen LogP contribution in [0.3, 0.4) is 0 Å². The van der Waals surface area contributed by atoms with Crippen LogP contribution < -0.4 is 0 Å². The van der Waals surface area contributed by atoms with E-state index >= 15 is 0 Å². The molecule has 1 aromatic rings. The predicted octanol–water partition coefficient (Wildman–Crippen LogP) is 3.49. The number of rotatable bonds is 2. The lowest BCUT2D eigenvalue weighted by Crippen LogP contribution is -2.24. The van der Waals surface area contributed by atoms with Gasteiger partial charge in [-0.2, -0.15) is 8.42 Å². The van der Waals surface area contributed by atoms with Crippen LogP contribution in [-0.2, 0) is 19.7 Å². The minimum Gasteiger partial charge on any atom is -0.261 e. The Bertz CT molecular complexity index is 499. The van der Waals surface area contributed by atoms with E-state index in [-0.39, 0.29) is 10.3 Å². The van der Waals surface area contributed by atoms with Crippen molar-refractivity contribution in [2.75, 3.05) is 0 Å². The van der Waals surface area contributed by atoms with Crippen molar-refractivity contribution in [3.8, 4) is 0 Å². The topological polar surface area (TPSA) is 43.4 Å². The Hall–Kier alpha value is -0.870. The second-order valence-corrected chi connectivity index (χ2v) is 7.97. The monoisotopic (exact) mass is 270 g/mol. The van der Waals surface area contributed by atoms with E-state index in [4.69, 9.17) is 4.18 Å². The first-order valence-electron chi connectivity index (χ1n) is 5.98. The molecular weight excluding hydrogens is 248 g/mol. The largest absolute Gasteiger partial charge is 0.297 e. The van der Waals surface area contributed by atoms with Gasteiger partial charge in [-0.25, -0.2) is 0 Å². The quantitative estimate of drug-likeness (QED) is 0.773. The summed E-state index contributed by atoms with van der Waals surface area (Å²) < 4.78 is 29.1. The zero-order chi connectivity index (χ0) is 14.2.